The summed E-state index contributed by atoms with van der Waals surface area (Å²) >= 11 is 0. The largest absolute Gasteiger partial charge is 0.300 e. The summed E-state index contributed by atoms with van der Waals surface area (Å²) < 4.78 is 25.0. The zero-order valence-electron chi connectivity index (χ0n) is 10.8. The fourth-order valence-corrected chi connectivity index (χ4v) is 4.55. The highest BCUT2D eigenvalue weighted by Gasteiger charge is 2.32. The highest BCUT2D eigenvalue weighted by molar-refractivity contribution is 7.92. The van der Waals surface area contributed by atoms with Crippen LogP contribution in [0.2, 0.25) is 0 Å². The second-order valence-corrected chi connectivity index (χ2v) is 7.27. The Labute approximate surface area is 108 Å². The summed E-state index contributed by atoms with van der Waals surface area (Å²) in [6.07, 6.45) is 1.99. The van der Waals surface area contributed by atoms with Crippen molar-refractivity contribution in [1.29, 1.82) is 0 Å². The lowest BCUT2D eigenvalue weighted by Gasteiger charge is -2.22. The van der Waals surface area contributed by atoms with Crippen molar-refractivity contribution in [2.24, 2.45) is 0 Å². The lowest BCUT2D eigenvalue weighted by molar-refractivity contribution is -0.120. The molecule has 1 unspecified atom stereocenters. The third kappa shape index (κ3) is 2.48. The molecule has 0 aromatic heterocycles. The maximum absolute atomic E-state index is 12.5. The van der Waals surface area contributed by atoms with Crippen molar-refractivity contribution >= 4 is 15.6 Å². The average Bonchev–Trinajstić information content (AvgIpc) is 2.28. The first-order chi connectivity index (χ1) is 8.41. The average molecular weight is 266 g/mol. The Hall–Kier alpha value is -1.16. The fourth-order valence-electron chi connectivity index (χ4n) is 2.55. The second-order valence-electron chi connectivity index (χ2n) is 5.07. The van der Waals surface area contributed by atoms with E-state index in [9.17, 15) is 13.2 Å². The van der Waals surface area contributed by atoms with Crippen LogP contribution in [0.3, 0.4) is 0 Å². The van der Waals surface area contributed by atoms with Crippen molar-refractivity contribution in [3.05, 3.63) is 29.3 Å². The van der Waals surface area contributed by atoms with Gasteiger partial charge < -0.3 is 0 Å². The van der Waals surface area contributed by atoms with E-state index in [0.717, 1.165) is 11.1 Å². The molecular formula is C14H18O3S. The van der Waals surface area contributed by atoms with Crippen LogP contribution in [0.1, 0.15) is 36.8 Å². The van der Waals surface area contributed by atoms with Gasteiger partial charge in [-0.15, -0.1) is 0 Å². The van der Waals surface area contributed by atoms with E-state index in [-0.39, 0.29) is 12.2 Å². The van der Waals surface area contributed by atoms with Crippen molar-refractivity contribution in [1.82, 2.24) is 0 Å². The van der Waals surface area contributed by atoms with Gasteiger partial charge in [0.1, 0.15) is 5.78 Å². The standard InChI is InChI=1S/C14H18O3S/c1-10-6-7-14(11(2)8-10)18(16,17)13-5-3-4-12(15)9-13/h6-8,13H,3-5,9H2,1-2H3. The number of carbonyl (C=O) groups is 1. The van der Waals surface area contributed by atoms with Gasteiger partial charge in [-0.05, 0) is 38.3 Å². The molecule has 0 spiro atoms. The molecule has 0 heterocycles. The summed E-state index contributed by atoms with van der Waals surface area (Å²) in [5, 5.41) is -0.528. The number of carbonyl (C=O) groups excluding carboxylic acids is 1. The van der Waals surface area contributed by atoms with Gasteiger partial charge in [0.15, 0.2) is 9.84 Å². The summed E-state index contributed by atoms with van der Waals surface area (Å²) in [6.45, 7) is 3.75. The zero-order chi connectivity index (χ0) is 13.3. The van der Waals surface area contributed by atoms with Crippen LogP contribution in [0.25, 0.3) is 0 Å². The van der Waals surface area contributed by atoms with Crippen molar-refractivity contribution in [3.8, 4) is 0 Å². The highest BCUT2D eigenvalue weighted by atomic mass is 32.2. The number of sulfone groups is 1. The van der Waals surface area contributed by atoms with E-state index >= 15 is 0 Å². The van der Waals surface area contributed by atoms with Gasteiger partial charge in [0.25, 0.3) is 0 Å². The third-order valence-electron chi connectivity index (χ3n) is 3.51. The molecule has 0 N–H and O–H groups in total. The maximum atomic E-state index is 12.5. The predicted molar refractivity (Wildman–Crippen MR) is 70.4 cm³/mol. The van der Waals surface area contributed by atoms with E-state index in [1.165, 1.54) is 0 Å². The maximum Gasteiger partial charge on any atom is 0.181 e. The number of aryl methyl sites for hydroxylation is 2. The minimum absolute atomic E-state index is 0.0691. The summed E-state index contributed by atoms with van der Waals surface area (Å²) in [6, 6.07) is 5.35. The molecule has 1 aromatic rings. The lowest BCUT2D eigenvalue weighted by atomic mass is 9.99. The first kappa shape index (κ1) is 13.3. The van der Waals surface area contributed by atoms with E-state index in [0.29, 0.717) is 24.2 Å². The number of hydrogen-bond acceptors (Lipinski definition) is 3. The molecule has 0 bridgehead atoms. The van der Waals surface area contributed by atoms with Crippen molar-refractivity contribution < 1.29 is 13.2 Å². The summed E-state index contributed by atoms with van der Waals surface area (Å²) in [7, 11) is -3.36. The third-order valence-corrected chi connectivity index (χ3v) is 5.86. The van der Waals surface area contributed by atoms with Gasteiger partial charge in [-0.1, -0.05) is 17.7 Å². The van der Waals surface area contributed by atoms with Crippen molar-refractivity contribution in [2.75, 3.05) is 0 Å². The number of Topliss-reactive ketones (excluding diaryl/α,β-unsaturated/α-hetero) is 1. The van der Waals surface area contributed by atoms with Crippen LogP contribution in [0.15, 0.2) is 23.1 Å². The molecule has 1 atom stereocenters. The molecule has 1 aromatic carbocycles. The molecule has 1 fully saturated rings. The zero-order valence-corrected chi connectivity index (χ0v) is 11.6. The molecule has 2 rings (SSSR count). The topological polar surface area (TPSA) is 51.2 Å². The minimum Gasteiger partial charge on any atom is -0.300 e. The SMILES string of the molecule is Cc1ccc(S(=O)(=O)C2CCCC(=O)C2)c(C)c1. The first-order valence-corrected chi connectivity index (χ1v) is 7.79. The van der Waals surface area contributed by atoms with E-state index in [1.54, 1.807) is 6.07 Å². The Morgan fingerprint density at radius 1 is 1.22 bits per heavy atom. The molecule has 18 heavy (non-hydrogen) atoms. The minimum atomic E-state index is -3.36. The number of ketones is 1. The van der Waals surface area contributed by atoms with E-state index in [1.807, 2.05) is 26.0 Å². The molecule has 1 saturated carbocycles. The number of rotatable bonds is 2. The lowest BCUT2D eigenvalue weighted by Crippen LogP contribution is -2.28. The second kappa shape index (κ2) is 4.84. The predicted octanol–water partition coefficient (Wildman–Crippen LogP) is 2.59. The van der Waals surface area contributed by atoms with Gasteiger partial charge in [0.05, 0.1) is 10.1 Å². The Balaban J connectivity index is 2.38. The molecular weight excluding hydrogens is 248 g/mol. The van der Waals surface area contributed by atoms with Crippen LogP contribution in [-0.2, 0) is 14.6 Å². The number of benzene rings is 1. The molecule has 0 aliphatic heterocycles. The van der Waals surface area contributed by atoms with Gasteiger partial charge in [0.2, 0.25) is 0 Å². The Morgan fingerprint density at radius 2 is 1.94 bits per heavy atom. The van der Waals surface area contributed by atoms with Crippen LogP contribution in [-0.4, -0.2) is 19.5 Å². The van der Waals surface area contributed by atoms with E-state index < -0.39 is 15.1 Å². The van der Waals surface area contributed by atoms with Gasteiger partial charge in [0, 0.05) is 12.8 Å². The first-order valence-electron chi connectivity index (χ1n) is 6.24. The molecule has 3 nitrogen and oxygen atoms in total. The summed E-state index contributed by atoms with van der Waals surface area (Å²) in [5.41, 5.74) is 1.82. The van der Waals surface area contributed by atoms with Crippen LogP contribution < -0.4 is 0 Å². The van der Waals surface area contributed by atoms with E-state index in [2.05, 4.69) is 0 Å². The van der Waals surface area contributed by atoms with Gasteiger partial charge in [-0.3, -0.25) is 4.79 Å². The summed E-state index contributed by atoms with van der Waals surface area (Å²) in [5.74, 6) is 0.0691. The van der Waals surface area contributed by atoms with Crippen LogP contribution in [0.5, 0.6) is 0 Å². The van der Waals surface area contributed by atoms with E-state index in [4.69, 9.17) is 0 Å². The van der Waals surface area contributed by atoms with Crippen LogP contribution in [0, 0.1) is 13.8 Å². The van der Waals surface area contributed by atoms with Gasteiger partial charge in [-0.2, -0.15) is 0 Å². The Morgan fingerprint density at radius 3 is 2.56 bits per heavy atom. The fraction of sp³-hybridized carbons (Fsp3) is 0.500. The molecule has 0 radical (unpaired) electrons. The molecule has 4 heteroatoms. The van der Waals surface area contributed by atoms with Crippen molar-refractivity contribution in [3.63, 3.8) is 0 Å². The highest BCUT2D eigenvalue weighted by Crippen LogP contribution is 2.29. The van der Waals surface area contributed by atoms with Gasteiger partial charge in [-0.25, -0.2) is 8.42 Å². The van der Waals surface area contributed by atoms with Crippen LogP contribution >= 0.6 is 0 Å². The molecule has 1 aliphatic carbocycles. The van der Waals surface area contributed by atoms with Gasteiger partial charge >= 0.3 is 0 Å². The summed E-state index contributed by atoms with van der Waals surface area (Å²) in [4.78, 5) is 11.8. The quantitative estimate of drug-likeness (QED) is 0.826. The molecule has 98 valence electrons. The smallest absolute Gasteiger partial charge is 0.181 e. The van der Waals surface area contributed by atoms with Crippen molar-refractivity contribution in [2.45, 2.75) is 49.7 Å². The monoisotopic (exact) mass is 266 g/mol. The Kier molecular flexibility index (Phi) is 3.57. The molecule has 0 saturated heterocycles. The van der Waals surface area contributed by atoms with Crippen LogP contribution in [0.4, 0.5) is 0 Å². The normalized spacial score (nSPS) is 21.0. The Bertz CT molecular complexity index is 573. The number of hydrogen-bond donors (Lipinski definition) is 0. The molecule has 0 amide bonds. The molecule has 1 aliphatic rings.